The van der Waals surface area contributed by atoms with Gasteiger partial charge >= 0.3 is 0 Å². The Balaban J connectivity index is 0.000000309. The molecule has 3 aromatic heterocycles. The van der Waals surface area contributed by atoms with E-state index < -0.39 is 0 Å². The van der Waals surface area contributed by atoms with Crippen molar-refractivity contribution in [2.24, 2.45) is 16.7 Å². The van der Waals surface area contributed by atoms with Gasteiger partial charge in [0.05, 0.1) is 0 Å². The number of fused-ring (bicyclic) bond motifs is 3. The molecule has 6 heteroatoms. The van der Waals surface area contributed by atoms with Gasteiger partial charge in [-0.25, -0.2) is 0 Å². The van der Waals surface area contributed by atoms with Crippen LogP contribution in [0.4, 0.5) is 0 Å². The Morgan fingerprint density at radius 3 is 2.17 bits per heavy atom. The predicted octanol–water partition coefficient (Wildman–Crippen LogP) is 14.9. The smallest absolute Gasteiger partial charge is 0.164 e. The fraction of sp³-hybridized carbons (Fsp3) is 0.417. The van der Waals surface area contributed by atoms with Crippen molar-refractivity contribution in [1.29, 1.82) is 0 Å². The van der Waals surface area contributed by atoms with E-state index >= 15 is 0 Å². The van der Waals surface area contributed by atoms with Gasteiger partial charge in [-0.2, -0.15) is 0 Å². The van der Waals surface area contributed by atoms with Crippen LogP contribution in [0.25, 0.3) is 52.6 Å². The van der Waals surface area contributed by atoms with Crippen LogP contribution in [0.1, 0.15) is 113 Å². The van der Waals surface area contributed by atoms with Crippen LogP contribution in [0.3, 0.4) is 0 Å². The Hall–Kier alpha value is -3.15. The summed E-state index contributed by atoms with van der Waals surface area (Å²) in [4.78, 5) is 18.4. The molecule has 3 nitrogen and oxygen atoms in total. The van der Waals surface area contributed by atoms with Gasteiger partial charge in [0.2, 0.25) is 0 Å². The van der Waals surface area contributed by atoms with E-state index in [0.29, 0.717) is 5.92 Å². The third kappa shape index (κ3) is 9.27. The summed E-state index contributed by atoms with van der Waals surface area (Å²) >= 11 is 3.69. The SMILES string of the molecule is CC(C)Cc1ccc2scc(-c3cc4ccnc(-c5[c-]c6ccccc6c(C(C)(C)C)c5)c4s3)c2c1.CCC(C)(CC)C(=O)/C=C(\O)C(C)(CC)CC.[Ir]. The molecule has 0 bridgehead atoms. The second-order valence-corrected chi connectivity index (χ2v) is 18.6. The molecule has 6 rings (SSSR count). The average Bonchev–Trinajstić information content (AvgIpc) is 3.77. The van der Waals surface area contributed by atoms with Crippen LogP contribution in [0.15, 0.2) is 84.1 Å². The molecule has 3 heterocycles. The van der Waals surface area contributed by atoms with Crippen LogP contribution in [-0.4, -0.2) is 15.9 Å². The van der Waals surface area contributed by atoms with E-state index in [1.54, 1.807) is 0 Å². The van der Waals surface area contributed by atoms with Gasteiger partial charge in [0, 0.05) is 79.5 Å². The van der Waals surface area contributed by atoms with Crippen molar-refractivity contribution in [2.45, 2.75) is 114 Å². The molecule has 0 fully saturated rings. The van der Waals surface area contributed by atoms with Gasteiger partial charge in [-0.3, -0.25) is 9.78 Å². The van der Waals surface area contributed by atoms with Gasteiger partial charge < -0.3 is 5.11 Å². The fourth-order valence-electron chi connectivity index (χ4n) is 6.82. The number of aliphatic hydroxyl groups excluding tert-OH is 1. The third-order valence-electron chi connectivity index (χ3n) is 11.4. The van der Waals surface area contributed by atoms with Gasteiger partial charge in [-0.15, -0.1) is 51.8 Å². The number of aromatic nitrogens is 1. The van der Waals surface area contributed by atoms with E-state index in [-0.39, 0.29) is 47.9 Å². The molecule has 0 saturated carbocycles. The summed E-state index contributed by atoms with van der Waals surface area (Å²) in [5, 5.41) is 17.5. The molecular formula is C48H58IrNO2S2-. The maximum atomic E-state index is 12.2. The standard InChI is InChI=1S/C33H30NS2.C15H28O2.Ir/c1-20(2)14-21-10-11-29-26(15-21)27(19-35-29)30-18-23-12-13-34-31(32(23)36-30)24-16-22-8-6-7-9-25(22)28(17-24)33(3,4)5;1-7-14(5,8-2)12(16)11-13(17)15(6,9-3)10-4;/h6-13,15,17-20H,14H2,1-5H3;11,16H,7-10H2,1-6H3;/q-1;;/b;12-11-;. The maximum Gasteiger partial charge on any atom is 0.164 e. The Kier molecular flexibility index (Phi) is 14.3. The molecule has 3 aromatic carbocycles. The molecule has 0 saturated heterocycles. The van der Waals surface area contributed by atoms with E-state index in [9.17, 15) is 9.90 Å². The molecule has 0 aliphatic rings. The zero-order chi connectivity index (χ0) is 38.7. The molecule has 1 radical (unpaired) electrons. The average molecular weight is 937 g/mol. The van der Waals surface area contributed by atoms with E-state index in [4.69, 9.17) is 4.98 Å². The number of pyridine rings is 1. The van der Waals surface area contributed by atoms with Crippen molar-refractivity contribution in [3.05, 3.63) is 101 Å². The zero-order valence-electron chi connectivity index (χ0n) is 34.1. The first-order valence-electron chi connectivity index (χ1n) is 19.4. The number of aliphatic hydroxyl groups is 1. The number of rotatable bonds is 11. The third-order valence-corrected chi connectivity index (χ3v) is 13.6. The summed E-state index contributed by atoms with van der Waals surface area (Å²) in [5.74, 6) is 0.937. The Morgan fingerprint density at radius 1 is 0.870 bits per heavy atom. The number of hydrogen-bond acceptors (Lipinski definition) is 5. The second kappa shape index (κ2) is 17.8. The quantitative estimate of drug-likeness (QED) is 0.0800. The molecule has 0 spiro atoms. The van der Waals surface area contributed by atoms with Gasteiger partial charge in [0.25, 0.3) is 0 Å². The minimum absolute atomic E-state index is 0. The van der Waals surface area contributed by atoms with E-state index in [2.05, 4.69) is 107 Å². The first-order valence-corrected chi connectivity index (χ1v) is 21.1. The van der Waals surface area contributed by atoms with Crippen LogP contribution in [0.2, 0.25) is 0 Å². The van der Waals surface area contributed by atoms with Crippen LogP contribution in [0.5, 0.6) is 0 Å². The summed E-state index contributed by atoms with van der Waals surface area (Å²) in [6, 6.07) is 26.1. The van der Waals surface area contributed by atoms with Crippen molar-refractivity contribution in [2.75, 3.05) is 0 Å². The van der Waals surface area contributed by atoms with Crippen LogP contribution in [0, 0.1) is 22.8 Å². The summed E-state index contributed by atoms with van der Waals surface area (Å²) in [7, 11) is 0. The zero-order valence-corrected chi connectivity index (χ0v) is 38.1. The molecule has 6 aromatic rings. The fourth-order valence-corrected chi connectivity index (χ4v) is 9.02. The molecule has 0 amide bonds. The maximum absolute atomic E-state index is 12.2. The minimum atomic E-state index is -0.337. The Morgan fingerprint density at radius 2 is 1.54 bits per heavy atom. The summed E-state index contributed by atoms with van der Waals surface area (Å²) < 4.78 is 2.59. The van der Waals surface area contributed by atoms with Crippen molar-refractivity contribution in [3.63, 3.8) is 0 Å². The van der Waals surface area contributed by atoms with Gasteiger partial charge in [-0.1, -0.05) is 111 Å². The summed E-state index contributed by atoms with van der Waals surface area (Å²) in [6.07, 6.45) is 7.81. The number of carbonyl (C=O) groups is 1. The number of nitrogens with zero attached hydrogens (tertiary/aromatic N) is 1. The van der Waals surface area contributed by atoms with Crippen LogP contribution < -0.4 is 0 Å². The molecule has 289 valence electrons. The first kappa shape index (κ1) is 43.6. The Labute approximate surface area is 345 Å². The molecule has 54 heavy (non-hydrogen) atoms. The molecule has 0 unspecified atom stereocenters. The van der Waals surface area contributed by atoms with Gasteiger partial charge in [-0.05, 0) is 78.7 Å². The molecule has 0 aliphatic carbocycles. The monoisotopic (exact) mass is 937 g/mol. The topological polar surface area (TPSA) is 50.2 Å². The number of thiophene rings is 2. The van der Waals surface area contributed by atoms with E-state index in [0.717, 1.165) is 48.7 Å². The first-order chi connectivity index (χ1) is 25.1. The number of ketones is 1. The summed E-state index contributed by atoms with van der Waals surface area (Å²) in [6.45, 7) is 23.5. The number of carbonyl (C=O) groups excluding carboxylic acids is 1. The van der Waals surface area contributed by atoms with Crippen LogP contribution in [-0.2, 0) is 36.7 Å². The van der Waals surface area contributed by atoms with Gasteiger partial charge in [0.15, 0.2) is 5.78 Å². The normalized spacial score (nSPS) is 12.6. The largest absolute Gasteiger partial charge is 0.512 e. The van der Waals surface area contributed by atoms with E-state index in [1.165, 1.54) is 53.2 Å². The predicted molar refractivity (Wildman–Crippen MR) is 233 cm³/mol. The van der Waals surface area contributed by atoms with Crippen molar-refractivity contribution in [3.8, 4) is 21.7 Å². The molecule has 0 aliphatic heterocycles. The minimum Gasteiger partial charge on any atom is -0.512 e. The van der Waals surface area contributed by atoms with Crippen LogP contribution >= 0.6 is 22.7 Å². The molecule has 0 atom stereocenters. The number of benzene rings is 3. The van der Waals surface area contributed by atoms with Gasteiger partial charge in [0.1, 0.15) is 5.76 Å². The molecular weight excluding hydrogens is 879 g/mol. The number of allylic oxidation sites excluding steroid dienone is 2. The second-order valence-electron chi connectivity index (χ2n) is 16.6. The summed E-state index contributed by atoms with van der Waals surface area (Å²) in [5.41, 5.74) is 5.62. The van der Waals surface area contributed by atoms with E-state index in [1.807, 2.05) is 70.4 Å². The van der Waals surface area contributed by atoms with Crippen molar-refractivity contribution >= 4 is 59.4 Å². The van der Waals surface area contributed by atoms with Crippen molar-refractivity contribution in [1.82, 2.24) is 4.98 Å². The molecule has 1 N–H and O–H groups in total. The number of hydrogen-bond donors (Lipinski definition) is 1. The Bertz CT molecular complexity index is 2240. The van der Waals surface area contributed by atoms with Crippen molar-refractivity contribution < 1.29 is 30.0 Å².